The lowest BCUT2D eigenvalue weighted by Crippen LogP contribution is -2.08. The van der Waals surface area contributed by atoms with Crippen molar-refractivity contribution in [3.63, 3.8) is 0 Å². The highest BCUT2D eigenvalue weighted by Gasteiger charge is 2.14. The van der Waals surface area contributed by atoms with E-state index in [4.69, 9.17) is 0 Å². The van der Waals surface area contributed by atoms with Crippen molar-refractivity contribution in [1.29, 1.82) is 0 Å². The summed E-state index contributed by atoms with van der Waals surface area (Å²) in [5.74, 6) is -1.19. The molecule has 4 rings (SSSR count). The van der Waals surface area contributed by atoms with Crippen LogP contribution in [0.1, 0.15) is 0 Å². The minimum absolute atomic E-state index is 0.0548. The van der Waals surface area contributed by atoms with Gasteiger partial charge in [-0.15, -0.1) is 0 Å². The summed E-state index contributed by atoms with van der Waals surface area (Å²) in [5, 5.41) is 12.6. The Balaban J connectivity index is 1.73. The highest BCUT2D eigenvalue weighted by Crippen LogP contribution is 2.31. The predicted molar refractivity (Wildman–Crippen MR) is 120 cm³/mol. The van der Waals surface area contributed by atoms with Crippen molar-refractivity contribution in [1.82, 2.24) is 24.7 Å². The zero-order valence-corrected chi connectivity index (χ0v) is 17.4. The van der Waals surface area contributed by atoms with Crippen molar-refractivity contribution in [3.8, 4) is 11.1 Å². The molecule has 0 unspecified atom stereocenters. The fourth-order valence-electron chi connectivity index (χ4n) is 2.92. The van der Waals surface area contributed by atoms with Crippen LogP contribution in [0.3, 0.4) is 0 Å². The van der Waals surface area contributed by atoms with Gasteiger partial charge in [-0.3, -0.25) is 9.48 Å². The van der Waals surface area contributed by atoms with E-state index < -0.39 is 17.7 Å². The molecule has 1 aromatic carbocycles. The van der Waals surface area contributed by atoms with E-state index in [-0.39, 0.29) is 17.5 Å². The number of carbonyl (C=O) groups is 1. The zero-order chi connectivity index (χ0) is 23.4. The number of nitrogens with one attached hydrogen (secondary N) is 3. The Morgan fingerprint density at radius 2 is 1.91 bits per heavy atom. The lowest BCUT2D eigenvalue weighted by atomic mass is 10.1. The van der Waals surface area contributed by atoms with Crippen LogP contribution < -0.4 is 16.0 Å². The van der Waals surface area contributed by atoms with Gasteiger partial charge in [-0.05, 0) is 36.4 Å². The Hall–Kier alpha value is -4.67. The first kappa shape index (κ1) is 21.6. The lowest BCUT2D eigenvalue weighted by molar-refractivity contribution is -0.111. The van der Waals surface area contributed by atoms with Crippen LogP contribution in [0.2, 0.25) is 0 Å². The highest BCUT2D eigenvalue weighted by molar-refractivity contribution is 5.99. The first-order chi connectivity index (χ1) is 15.9. The van der Waals surface area contributed by atoms with Crippen LogP contribution in [0.4, 0.5) is 37.6 Å². The summed E-state index contributed by atoms with van der Waals surface area (Å²) < 4.78 is 29.5. The minimum Gasteiger partial charge on any atom is -0.337 e. The van der Waals surface area contributed by atoms with Gasteiger partial charge in [0, 0.05) is 42.5 Å². The van der Waals surface area contributed by atoms with Crippen LogP contribution in [0.15, 0.2) is 67.8 Å². The van der Waals surface area contributed by atoms with Gasteiger partial charge in [0.1, 0.15) is 11.6 Å². The number of hydrogen-bond donors (Lipinski definition) is 3. The monoisotopic (exact) mass is 448 g/mol. The van der Waals surface area contributed by atoms with Crippen LogP contribution in [-0.4, -0.2) is 30.6 Å². The van der Waals surface area contributed by atoms with Crippen molar-refractivity contribution in [3.05, 3.63) is 79.5 Å². The molecule has 3 heterocycles. The summed E-state index contributed by atoms with van der Waals surface area (Å²) in [6.07, 6.45) is 7.27. The summed E-state index contributed by atoms with van der Waals surface area (Å²) in [6.45, 7) is 3.40. The number of rotatable bonds is 7. The lowest BCUT2D eigenvalue weighted by Gasteiger charge is -2.14. The molecule has 11 heteroatoms. The summed E-state index contributed by atoms with van der Waals surface area (Å²) in [4.78, 5) is 24.0. The standard InChI is InChI=1S/C22H18F2N8O/c1-3-20(33)28-14-5-6-17(23)18(8-14)30-21-16(13-4-7-19(24)25-9-13)11-26-22(31-21)29-15-10-27-32(2)12-15/h3-12H,1H2,2H3,(H,28,33)(H2,26,29,30,31). The molecule has 0 aliphatic rings. The second-order valence-electron chi connectivity index (χ2n) is 6.87. The number of pyridine rings is 1. The van der Waals surface area contributed by atoms with Gasteiger partial charge in [-0.25, -0.2) is 14.4 Å². The molecule has 166 valence electrons. The van der Waals surface area contributed by atoms with Gasteiger partial charge in [0.2, 0.25) is 17.8 Å². The summed E-state index contributed by atoms with van der Waals surface area (Å²) in [6, 6.07) is 6.75. The molecule has 3 aromatic heterocycles. The van der Waals surface area contributed by atoms with Gasteiger partial charge in [-0.1, -0.05) is 6.58 Å². The van der Waals surface area contributed by atoms with Crippen LogP contribution in [0, 0.1) is 11.8 Å². The molecule has 0 radical (unpaired) electrons. The molecular weight excluding hydrogens is 430 g/mol. The van der Waals surface area contributed by atoms with E-state index in [1.807, 2.05) is 0 Å². The van der Waals surface area contributed by atoms with Crippen molar-refractivity contribution in [2.24, 2.45) is 7.05 Å². The van der Waals surface area contributed by atoms with Crippen LogP contribution in [-0.2, 0) is 11.8 Å². The smallest absolute Gasteiger partial charge is 0.247 e. The Morgan fingerprint density at radius 3 is 2.61 bits per heavy atom. The predicted octanol–water partition coefficient (Wildman–Crippen LogP) is 4.16. The summed E-state index contributed by atoms with van der Waals surface area (Å²) in [7, 11) is 1.77. The average Bonchev–Trinajstić information content (AvgIpc) is 3.21. The molecule has 0 spiro atoms. The maximum absolute atomic E-state index is 14.6. The minimum atomic E-state index is -0.638. The molecule has 0 aliphatic heterocycles. The average molecular weight is 448 g/mol. The van der Waals surface area contributed by atoms with Crippen molar-refractivity contribution in [2.45, 2.75) is 0 Å². The fourth-order valence-corrected chi connectivity index (χ4v) is 2.92. The Bertz CT molecular complexity index is 1320. The third-order valence-electron chi connectivity index (χ3n) is 4.46. The largest absolute Gasteiger partial charge is 0.337 e. The molecule has 0 bridgehead atoms. The molecule has 9 nitrogen and oxygen atoms in total. The van der Waals surface area contributed by atoms with E-state index in [1.165, 1.54) is 42.7 Å². The molecule has 0 fully saturated rings. The summed E-state index contributed by atoms with van der Waals surface area (Å²) in [5.41, 5.74) is 2.04. The second kappa shape index (κ2) is 9.22. The number of halogens is 2. The van der Waals surface area contributed by atoms with E-state index in [1.54, 1.807) is 24.1 Å². The van der Waals surface area contributed by atoms with Crippen LogP contribution >= 0.6 is 0 Å². The van der Waals surface area contributed by atoms with Crippen molar-refractivity contribution < 1.29 is 13.6 Å². The van der Waals surface area contributed by atoms with Crippen LogP contribution in [0.5, 0.6) is 0 Å². The first-order valence-electron chi connectivity index (χ1n) is 9.66. The molecular formula is C22H18F2N8O. The number of amides is 1. The van der Waals surface area contributed by atoms with Crippen LogP contribution in [0.25, 0.3) is 11.1 Å². The van der Waals surface area contributed by atoms with Gasteiger partial charge in [0.25, 0.3) is 0 Å². The third kappa shape index (κ3) is 5.15. The second-order valence-corrected chi connectivity index (χ2v) is 6.87. The Kier molecular flexibility index (Phi) is 6.02. The van der Waals surface area contributed by atoms with Gasteiger partial charge >= 0.3 is 0 Å². The third-order valence-corrected chi connectivity index (χ3v) is 4.46. The number of carbonyl (C=O) groups excluding carboxylic acids is 1. The Labute approximate surface area is 187 Å². The van der Waals surface area contributed by atoms with Crippen molar-refractivity contribution >= 4 is 34.7 Å². The fraction of sp³-hybridized carbons (Fsp3) is 0.0455. The maximum Gasteiger partial charge on any atom is 0.247 e. The molecule has 1 amide bonds. The first-order valence-corrected chi connectivity index (χ1v) is 9.66. The number of hydrogen-bond acceptors (Lipinski definition) is 7. The van der Waals surface area contributed by atoms with E-state index in [0.29, 0.717) is 22.5 Å². The van der Waals surface area contributed by atoms with Gasteiger partial charge < -0.3 is 16.0 Å². The zero-order valence-electron chi connectivity index (χ0n) is 17.4. The van der Waals surface area contributed by atoms with Gasteiger partial charge in [0.05, 0.1) is 17.6 Å². The SMILES string of the molecule is C=CC(=O)Nc1ccc(F)c(Nc2nc(Nc3cnn(C)c3)ncc2-c2ccc(F)nc2)c1. The highest BCUT2D eigenvalue weighted by atomic mass is 19.1. The van der Waals surface area contributed by atoms with E-state index >= 15 is 0 Å². The molecule has 0 atom stereocenters. The quantitative estimate of drug-likeness (QED) is 0.288. The molecule has 4 aromatic rings. The number of aryl methyl sites for hydroxylation is 1. The molecule has 3 N–H and O–H groups in total. The maximum atomic E-state index is 14.6. The van der Waals surface area contributed by atoms with E-state index in [2.05, 4.69) is 42.6 Å². The number of anilines is 5. The van der Waals surface area contributed by atoms with E-state index in [9.17, 15) is 13.6 Å². The number of aromatic nitrogens is 5. The Morgan fingerprint density at radius 1 is 1.06 bits per heavy atom. The topological polar surface area (TPSA) is 110 Å². The van der Waals surface area contributed by atoms with E-state index in [0.717, 1.165) is 6.08 Å². The van der Waals surface area contributed by atoms with Gasteiger partial charge in [-0.2, -0.15) is 14.5 Å². The summed E-state index contributed by atoms with van der Waals surface area (Å²) >= 11 is 0. The molecule has 33 heavy (non-hydrogen) atoms. The normalized spacial score (nSPS) is 10.5. The number of benzene rings is 1. The molecule has 0 saturated heterocycles. The number of nitrogens with zero attached hydrogens (tertiary/aromatic N) is 5. The van der Waals surface area contributed by atoms with Gasteiger partial charge in [0.15, 0.2) is 0 Å². The molecule has 0 saturated carbocycles. The van der Waals surface area contributed by atoms with Crippen molar-refractivity contribution in [2.75, 3.05) is 16.0 Å². The molecule has 0 aliphatic carbocycles.